The number of rotatable bonds is 38. The van der Waals surface area contributed by atoms with Crippen LogP contribution in [0, 0.1) is 0 Å². The smallest absolute Gasteiger partial charge is 0.306 e. The van der Waals surface area contributed by atoms with Crippen LogP contribution in [0.4, 0.5) is 0 Å². The Bertz CT molecular complexity index is 1110. The number of carbonyl (C=O) groups is 3. The van der Waals surface area contributed by atoms with E-state index < -0.39 is 6.10 Å². The monoisotopic (exact) mass is 765 g/mol. The molecule has 0 spiro atoms. The van der Waals surface area contributed by atoms with Crippen molar-refractivity contribution in [1.29, 1.82) is 0 Å². The lowest BCUT2D eigenvalue weighted by Crippen LogP contribution is -2.30. The summed E-state index contributed by atoms with van der Waals surface area (Å²) in [5, 5.41) is 0. The molecule has 0 amide bonds. The molecule has 0 saturated carbocycles. The zero-order valence-electron chi connectivity index (χ0n) is 35.4. The fourth-order valence-corrected chi connectivity index (χ4v) is 5.65. The average Bonchev–Trinajstić information content (AvgIpc) is 3.18. The van der Waals surface area contributed by atoms with Gasteiger partial charge in [-0.05, 0) is 83.5 Å². The third-order valence-electron chi connectivity index (χ3n) is 8.96. The van der Waals surface area contributed by atoms with Crippen LogP contribution in [0.2, 0.25) is 0 Å². The molecule has 0 heterocycles. The van der Waals surface area contributed by atoms with Gasteiger partial charge in [-0.2, -0.15) is 0 Å². The number of hydrogen-bond acceptors (Lipinski definition) is 6. The largest absolute Gasteiger partial charge is 0.462 e. The van der Waals surface area contributed by atoms with Gasteiger partial charge in [0.1, 0.15) is 13.2 Å². The molecular weight excluding hydrogens is 685 g/mol. The van der Waals surface area contributed by atoms with Crippen LogP contribution < -0.4 is 0 Å². The van der Waals surface area contributed by atoms with Gasteiger partial charge in [-0.3, -0.25) is 14.4 Å². The fraction of sp³-hybridized carbons (Fsp3) is 0.653. The first kappa shape index (κ1) is 51.6. The SMILES string of the molecule is CC\C=C/C=C\C=C/C=C\CCCCCC(=O)OC(COC(=O)CCCCCC/C=C\CCCC)COC(=O)CCCCCCCCC/C=C\C/C=C\CC. The molecule has 0 saturated heterocycles. The first-order chi connectivity index (χ1) is 27.0. The van der Waals surface area contributed by atoms with Gasteiger partial charge in [-0.25, -0.2) is 0 Å². The molecule has 0 radical (unpaired) electrons. The summed E-state index contributed by atoms with van der Waals surface area (Å²) in [7, 11) is 0. The van der Waals surface area contributed by atoms with E-state index in [9.17, 15) is 14.4 Å². The molecular formula is C49H80O6. The lowest BCUT2D eigenvalue weighted by atomic mass is 10.1. The van der Waals surface area contributed by atoms with E-state index in [0.29, 0.717) is 19.3 Å². The Morgan fingerprint density at radius 1 is 0.400 bits per heavy atom. The molecule has 0 N–H and O–H groups in total. The summed E-state index contributed by atoms with van der Waals surface area (Å²) in [5.41, 5.74) is 0. The molecule has 0 aromatic rings. The van der Waals surface area contributed by atoms with Gasteiger partial charge in [0.25, 0.3) is 0 Å². The highest BCUT2D eigenvalue weighted by molar-refractivity contribution is 5.71. The normalized spacial score (nSPS) is 12.9. The molecule has 6 nitrogen and oxygen atoms in total. The first-order valence-electron chi connectivity index (χ1n) is 22.1. The fourth-order valence-electron chi connectivity index (χ4n) is 5.65. The van der Waals surface area contributed by atoms with Gasteiger partial charge in [-0.15, -0.1) is 0 Å². The average molecular weight is 765 g/mol. The quantitative estimate of drug-likeness (QED) is 0.0205. The van der Waals surface area contributed by atoms with Crippen molar-refractivity contribution in [3.05, 3.63) is 85.1 Å². The molecule has 1 unspecified atom stereocenters. The standard InChI is InChI=1S/C49H80O6/c1-4-7-10-13-16-19-22-24-26-27-30-33-36-39-42-48(51)54-45-46(44-53-47(50)41-38-35-32-29-21-18-15-12-9-6-3)55-49(52)43-40-37-34-31-28-25-23-20-17-14-11-8-5-2/h7-8,10-11,14-20,23,25,28,46H,4-6,9,12-13,21-22,24,26-27,29-45H2,1-3H3/b10-7-,11-8-,17-14-,18-15-,19-16-,23-20-,28-25-. The number of allylic oxidation sites excluding steroid dienone is 14. The first-order valence-corrected chi connectivity index (χ1v) is 22.1. The topological polar surface area (TPSA) is 78.9 Å². The molecule has 6 heteroatoms. The number of esters is 3. The summed E-state index contributed by atoms with van der Waals surface area (Å²) < 4.78 is 16.6. The summed E-state index contributed by atoms with van der Waals surface area (Å²) in [6.45, 7) is 6.27. The molecule has 0 bridgehead atoms. The van der Waals surface area contributed by atoms with Crippen LogP contribution in [-0.4, -0.2) is 37.2 Å². The predicted molar refractivity (Wildman–Crippen MR) is 233 cm³/mol. The van der Waals surface area contributed by atoms with Crippen molar-refractivity contribution in [3.8, 4) is 0 Å². The molecule has 0 aliphatic heterocycles. The van der Waals surface area contributed by atoms with Crippen LogP contribution >= 0.6 is 0 Å². The van der Waals surface area contributed by atoms with Crippen molar-refractivity contribution < 1.29 is 28.6 Å². The summed E-state index contributed by atoms with van der Waals surface area (Å²) in [4.78, 5) is 37.7. The van der Waals surface area contributed by atoms with Crippen LogP contribution in [0.15, 0.2) is 85.1 Å². The van der Waals surface area contributed by atoms with E-state index in [4.69, 9.17) is 14.2 Å². The van der Waals surface area contributed by atoms with Crippen LogP contribution in [0.25, 0.3) is 0 Å². The van der Waals surface area contributed by atoms with E-state index in [2.05, 4.69) is 69.4 Å². The minimum atomic E-state index is -0.802. The second-order valence-electron chi connectivity index (χ2n) is 14.3. The third kappa shape index (κ3) is 41.6. The van der Waals surface area contributed by atoms with E-state index in [-0.39, 0.29) is 37.5 Å². The molecule has 312 valence electrons. The Balaban J connectivity index is 4.48. The van der Waals surface area contributed by atoms with Crippen molar-refractivity contribution in [2.75, 3.05) is 13.2 Å². The maximum absolute atomic E-state index is 12.7. The van der Waals surface area contributed by atoms with Gasteiger partial charge in [0.15, 0.2) is 6.10 Å². The third-order valence-corrected chi connectivity index (χ3v) is 8.96. The molecule has 0 fully saturated rings. The van der Waals surface area contributed by atoms with Gasteiger partial charge in [-0.1, -0.05) is 170 Å². The Kier molecular flexibility index (Phi) is 40.6. The highest BCUT2D eigenvalue weighted by atomic mass is 16.6. The second-order valence-corrected chi connectivity index (χ2v) is 14.3. The van der Waals surface area contributed by atoms with Crippen LogP contribution in [0.5, 0.6) is 0 Å². The maximum Gasteiger partial charge on any atom is 0.306 e. The summed E-state index contributed by atoms with van der Waals surface area (Å²) >= 11 is 0. The molecule has 0 rings (SSSR count). The highest BCUT2D eigenvalue weighted by Gasteiger charge is 2.19. The minimum absolute atomic E-state index is 0.102. The van der Waals surface area contributed by atoms with E-state index in [1.165, 1.54) is 38.5 Å². The minimum Gasteiger partial charge on any atom is -0.462 e. The summed E-state index contributed by atoms with van der Waals surface area (Å²) in [6, 6.07) is 0. The number of hydrogen-bond donors (Lipinski definition) is 0. The number of carbonyl (C=O) groups excluding carboxylic acids is 3. The van der Waals surface area contributed by atoms with Gasteiger partial charge < -0.3 is 14.2 Å². The lowest BCUT2D eigenvalue weighted by molar-refractivity contribution is -0.167. The van der Waals surface area contributed by atoms with Gasteiger partial charge in [0.2, 0.25) is 0 Å². The van der Waals surface area contributed by atoms with E-state index in [1.807, 2.05) is 36.5 Å². The predicted octanol–water partition coefficient (Wildman–Crippen LogP) is 14.1. The van der Waals surface area contributed by atoms with Crippen LogP contribution in [0.3, 0.4) is 0 Å². The summed E-state index contributed by atoms with van der Waals surface area (Å²) in [6.07, 6.45) is 54.2. The lowest BCUT2D eigenvalue weighted by Gasteiger charge is -2.18. The van der Waals surface area contributed by atoms with E-state index >= 15 is 0 Å². The maximum atomic E-state index is 12.7. The van der Waals surface area contributed by atoms with E-state index in [1.54, 1.807) is 0 Å². The molecule has 0 aromatic heterocycles. The Morgan fingerprint density at radius 3 is 1.35 bits per heavy atom. The zero-order chi connectivity index (χ0) is 40.1. The van der Waals surface area contributed by atoms with Crippen molar-refractivity contribution in [3.63, 3.8) is 0 Å². The van der Waals surface area contributed by atoms with Crippen molar-refractivity contribution in [2.24, 2.45) is 0 Å². The Labute approximate surface area is 337 Å². The molecule has 0 aliphatic rings. The number of unbranched alkanes of at least 4 members (excludes halogenated alkanes) is 16. The Morgan fingerprint density at radius 2 is 0.800 bits per heavy atom. The molecule has 1 atom stereocenters. The molecule has 55 heavy (non-hydrogen) atoms. The molecule has 0 aliphatic carbocycles. The zero-order valence-corrected chi connectivity index (χ0v) is 35.4. The van der Waals surface area contributed by atoms with Crippen LogP contribution in [-0.2, 0) is 28.6 Å². The van der Waals surface area contributed by atoms with Crippen molar-refractivity contribution in [1.82, 2.24) is 0 Å². The molecule has 0 aromatic carbocycles. The van der Waals surface area contributed by atoms with Crippen molar-refractivity contribution >= 4 is 17.9 Å². The Hall–Kier alpha value is -3.41. The second kappa shape index (κ2) is 43.3. The number of ether oxygens (including phenoxy) is 3. The van der Waals surface area contributed by atoms with Crippen molar-refractivity contribution in [2.45, 2.75) is 194 Å². The summed E-state index contributed by atoms with van der Waals surface area (Å²) in [5.74, 6) is -0.973. The van der Waals surface area contributed by atoms with E-state index in [0.717, 1.165) is 103 Å². The van der Waals surface area contributed by atoms with Gasteiger partial charge in [0.05, 0.1) is 0 Å². The van der Waals surface area contributed by atoms with Gasteiger partial charge in [0, 0.05) is 19.3 Å². The van der Waals surface area contributed by atoms with Crippen LogP contribution in [0.1, 0.15) is 188 Å². The van der Waals surface area contributed by atoms with Gasteiger partial charge >= 0.3 is 17.9 Å². The highest BCUT2D eigenvalue weighted by Crippen LogP contribution is 2.13.